The number of rotatable bonds is 13. The van der Waals surface area contributed by atoms with Gasteiger partial charge in [0.05, 0.1) is 10.6 Å². The van der Waals surface area contributed by atoms with Crippen LogP contribution in [0.5, 0.6) is 0 Å². The van der Waals surface area contributed by atoms with Crippen LogP contribution >= 0.6 is 45.8 Å². The molecule has 0 fully saturated rings. The summed E-state index contributed by atoms with van der Waals surface area (Å²) in [6, 6.07) is 28.0. The molecule has 0 aliphatic heterocycles. The fourth-order valence-corrected chi connectivity index (χ4v) is 6.95. The average molecular weight is 779 g/mol. The van der Waals surface area contributed by atoms with Crippen LogP contribution in [0.25, 0.3) is 0 Å². The number of anilines is 1. The van der Waals surface area contributed by atoms with Gasteiger partial charge in [0.15, 0.2) is 0 Å². The number of halogens is 3. The van der Waals surface area contributed by atoms with Crippen LogP contribution in [0.15, 0.2) is 108 Å². The maximum atomic E-state index is 14.5. The van der Waals surface area contributed by atoms with Crippen molar-refractivity contribution < 1.29 is 18.0 Å². The molecule has 2 amide bonds. The van der Waals surface area contributed by atoms with Crippen molar-refractivity contribution >= 4 is 73.3 Å². The number of carbonyl (C=O) groups is 2. The van der Waals surface area contributed by atoms with E-state index in [9.17, 15) is 18.0 Å². The summed E-state index contributed by atoms with van der Waals surface area (Å²) >= 11 is 14.9. The van der Waals surface area contributed by atoms with Crippen LogP contribution in [0, 0.1) is 3.57 Å². The van der Waals surface area contributed by atoms with Gasteiger partial charge >= 0.3 is 0 Å². The molecular formula is C34H34Cl2IN3O4S. The van der Waals surface area contributed by atoms with Crippen LogP contribution < -0.4 is 9.62 Å². The Morgan fingerprint density at radius 2 is 1.51 bits per heavy atom. The minimum Gasteiger partial charge on any atom is -0.352 e. The molecule has 0 spiro atoms. The van der Waals surface area contributed by atoms with Gasteiger partial charge in [-0.2, -0.15) is 0 Å². The van der Waals surface area contributed by atoms with Crippen molar-refractivity contribution in [1.29, 1.82) is 0 Å². The molecular weight excluding hydrogens is 744 g/mol. The maximum absolute atomic E-state index is 14.5. The highest BCUT2D eigenvalue weighted by atomic mass is 127. The first-order valence-corrected chi connectivity index (χ1v) is 17.7. The molecule has 0 aromatic heterocycles. The van der Waals surface area contributed by atoms with E-state index in [1.54, 1.807) is 60.7 Å². The van der Waals surface area contributed by atoms with Crippen LogP contribution in [0.1, 0.15) is 31.4 Å². The fourth-order valence-electron chi connectivity index (χ4n) is 4.68. The van der Waals surface area contributed by atoms with Crippen molar-refractivity contribution in [2.45, 2.75) is 50.2 Å². The summed E-state index contributed by atoms with van der Waals surface area (Å²) in [5.74, 6) is -0.919. The smallest absolute Gasteiger partial charge is 0.264 e. The maximum Gasteiger partial charge on any atom is 0.264 e. The summed E-state index contributed by atoms with van der Waals surface area (Å²) in [5, 5.41) is 3.78. The third-order valence-electron chi connectivity index (χ3n) is 7.35. The minimum absolute atomic E-state index is 0.0407. The number of hydrogen-bond donors (Lipinski definition) is 1. The predicted octanol–water partition coefficient (Wildman–Crippen LogP) is 7.35. The molecule has 0 heterocycles. The average Bonchev–Trinajstić information content (AvgIpc) is 3.03. The molecule has 4 rings (SSSR count). The van der Waals surface area contributed by atoms with Crippen LogP contribution in [0.3, 0.4) is 0 Å². The molecule has 0 saturated carbocycles. The van der Waals surface area contributed by atoms with E-state index in [4.69, 9.17) is 23.2 Å². The number of nitrogens with zero attached hydrogens (tertiary/aromatic N) is 2. The van der Waals surface area contributed by atoms with Gasteiger partial charge in [-0.25, -0.2) is 8.42 Å². The van der Waals surface area contributed by atoms with Gasteiger partial charge in [-0.05, 0) is 95.6 Å². The molecule has 0 unspecified atom stereocenters. The Balaban J connectivity index is 1.82. The van der Waals surface area contributed by atoms with Gasteiger partial charge in [0.2, 0.25) is 11.8 Å². The van der Waals surface area contributed by atoms with Gasteiger partial charge in [0.25, 0.3) is 10.0 Å². The van der Waals surface area contributed by atoms with E-state index in [1.165, 1.54) is 17.0 Å². The lowest BCUT2D eigenvalue weighted by atomic mass is 10.0. The van der Waals surface area contributed by atoms with Crippen molar-refractivity contribution in [3.63, 3.8) is 0 Å². The summed E-state index contributed by atoms with van der Waals surface area (Å²) < 4.78 is 30.1. The van der Waals surface area contributed by atoms with Crippen LogP contribution in [0.4, 0.5) is 5.69 Å². The standard InChI is InChI=1S/C34H34Cl2IN3O4S/c1-3-24(2)38-34(42)32(20-25-10-6-4-7-11-25)39(22-26-14-15-27(35)21-31(26)36)33(41)23-40(29-18-16-28(37)17-19-29)45(43,44)30-12-8-5-9-13-30/h4-19,21,24,32H,3,20,22-23H2,1-2H3,(H,38,42)/t24-,32-/m0/s1. The Labute approximate surface area is 288 Å². The van der Waals surface area contributed by atoms with E-state index in [2.05, 4.69) is 27.9 Å². The van der Waals surface area contributed by atoms with Gasteiger partial charge < -0.3 is 10.2 Å². The topological polar surface area (TPSA) is 86.8 Å². The zero-order valence-corrected chi connectivity index (χ0v) is 29.4. The molecule has 2 atom stereocenters. The largest absolute Gasteiger partial charge is 0.352 e. The van der Waals surface area contributed by atoms with Crippen molar-refractivity contribution in [3.05, 3.63) is 128 Å². The number of benzene rings is 4. The Morgan fingerprint density at radius 1 is 0.889 bits per heavy atom. The van der Waals surface area contributed by atoms with Crippen LogP contribution in [-0.4, -0.2) is 43.8 Å². The molecule has 236 valence electrons. The zero-order chi connectivity index (χ0) is 32.6. The first-order valence-electron chi connectivity index (χ1n) is 14.4. The molecule has 0 bridgehead atoms. The van der Waals surface area contributed by atoms with Crippen molar-refractivity contribution in [2.24, 2.45) is 0 Å². The lowest BCUT2D eigenvalue weighted by Crippen LogP contribution is -2.54. The second kappa shape index (κ2) is 15.9. The Kier molecular flexibility index (Phi) is 12.3. The first-order chi connectivity index (χ1) is 21.5. The lowest BCUT2D eigenvalue weighted by Gasteiger charge is -2.34. The van der Waals surface area contributed by atoms with Crippen LogP contribution in [0.2, 0.25) is 10.0 Å². The van der Waals surface area contributed by atoms with Gasteiger partial charge in [0.1, 0.15) is 12.6 Å². The van der Waals surface area contributed by atoms with Gasteiger partial charge in [-0.1, -0.05) is 84.7 Å². The Bertz CT molecular complexity index is 1710. The van der Waals surface area contributed by atoms with Crippen molar-refractivity contribution in [1.82, 2.24) is 10.2 Å². The van der Waals surface area contributed by atoms with E-state index < -0.39 is 28.5 Å². The minimum atomic E-state index is -4.17. The number of carbonyl (C=O) groups excluding carboxylic acids is 2. The van der Waals surface area contributed by atoms with Crippen molar-refractivity contribution in [3.8, 4) is 0 Å². The monoisotopic (exact) mass is 777 g/mol. The van der Waals surface area contributed by atoms with Gasteiger partial charge in [-0.3, -0.25) is 13.9 Å². The third-order valence-corrected chi connectivity index (χ3v) is 10.4. The summed E-state index contributed by atoms with van der Waals surface area (Å²) in [7, 11) is -4.17. The molecule has 0 saturated heterocycles. The molecule has 0 radical (unpaired) electrons. The van der Waals surface area contributed by atoms with E-state index in [-0.39, 0.29) is 29.8 Å². The fraction of sp³-hybridized carbons (Fsp3) is 0.235. The highest BCUT2D eigenvalue weighted by Gasteiger charge is 2.35. The van der Waals surface area contributed by atoms with Gasteiger partial charge in [0, 0.05) is 32.6 Å². The van der Waals surface area contributed by atoms with Crippen molar-refractivity contribution in [2.75, 3.05) is 10.8 Å². The third kappa shape index (κ3) is 9.22. The van der Waals surface area contributed by atoms with E-state index in [0.717, 1.165) is 13.4 Å². The molecule has 4 aromatic rings. The molecule has 45 heavy (non-hydrogen) atoms. The molecule has 0 aliphatic carbocycles. The molecule has 11 heteroatoms. The quantitative estimate of drug-likeness (QED) is 0.144. The number of sulfonamides is 1. The number of nitrogens with one attached hydrogen (secondary N) is 1. The molecule has 0 aliphatic rings. The number of amides is 2. The Hall–Kier alpha value is -3.12. The number of hydrogen-bond acceptors (Lipinski definition) is 4. The summed E-state index contributed by atoms with van der Waals surface area (Å²) in [5.41, 5.74) is 1.73. The highest BCUT2D eigenvalue weighted by molar-refractivity contribution is 14.1. The predicted molar refractivity (Wildman–Crippen MR) is 189 cm³/mol. The lowest BCUT2D eigenvalue weighted by molar-refractivity contribution is -0.140. The second-order valence-corrected chi connectivity index (χ2v) is 14.5. The summed E-state index contributed by atoms with van der Waals surface area (Å²) in [6.45, 7) is 3.25. The first kappa shape index (κ1) is 34.7. The molecule has 1 N–H and O–H groups in total. The SMILES string of the molecule is CC[C@H](C)NC(=O)[C@H](Cc1ccccc1)N(Cc1ccc(Cl)cc1Cl)C(=O)CN(c1ccc(I)cc1)S(=O)(=O)c1ccccc1. The van der Waals surface area contributed by atoms with Crippen LogP contribution in [-0.2, 0) is 32.6 Å². The van der Waals surface area contributed by atoms with E-state index >= 15 is 0 Å². The normalized spacial score (nSPS) is 12.6. The van der Waals surface area contributed by atoms with E-state index in [1.807, 2.05) is 44.2 Å². The zero-order valence-electron chi connectivity index (χ0n) is 24.9. The van der Waals surface area contributed by atoms with E-state index in [0.29, 0.717) is 27.7 Å². The highest BCUT2D eigenvalue weighted by Crippen LogP contribution is 2.27. The molecule has 7 nitrogen and oxygen atoms in total. The second-order valence-electron chi connectivity index (χ2n) is 10.6. The Morgan fingerprint density at radius 3 is 2.11 bits per heavy atom. The molecule has 4 aromatic carbocycles. The van der Waals surface area contributed by atoms with Gasteiger partial charge in [-0.15, -0.1) is 0 Å². The summed E-state index contributed by atoms with van der Waals surface area (Å²) in [4.78, 5) is 29.9. The summed E-state index contributed by atoms with van der Waals surface area (Å²) in [6.07, 6.45) is 0.895.